The molecule has 0 saturated heterocycles. The number of hydrogen-bond donors (Lipinski definition) is 0. The molecule has 11 heavy (non-hydrogen) atoms. The zero-order valence-electron chi connectivity index (χ0n) is 3.67. The van der Waals surface area contributed by atoms with Gasteiger partial charge in [0.15, 0.2) is 0 Å². The van der Waals surface area contributed by atoms with Crippen molar-refractivity contribution >= 4 is 0 Å². The molecule has 0 aliphatic carbocycles. The third kappa shape index (κ3) is 77.0. The van der Waals surface area contributed by atoms with Crippen molar-refractivity contribution in [2.75, 3.05) is 0 Å². The maximum atomic E-state index is 0. The molecule has 0 nitrogen and oxygen atoms in total. The van der Waals surface area contributed by atoms with Gasteiger partial charge in [0.1, 0.15) is 0 Å². The van der Waals surface area contributed by atoms with Gasteiger partial charge in [0.2, 0.25) is 0 Å². The van der Waals surface area contributed by atoms with Gasteiger partial charge in [0.25, 0.3) is 0 Å². The molecule has 0 N–H and O–H groups in total. The third-order valence-electron chi connectivity index (χ3n) is 0. The Hall–Kier alpha value is 7.14. The van der Waals surface area contributed by atoms with E-state index in [9.17, 15) is 0 Å². The molecule has 0 amide bonds. The van der Waals surface area contributed by atoms with E-state index in [1.54, 1.807) is 0 Å². The molecular weight excluding hydrogens is 2110 g/mol. The smallest absolute Gasteiger partial charge is 0 e. The number of hydrogen-bond acceptors (Lipinski definition) is 0. The summed E-state index contributed by atoms with van der Waals surface area (Å²) in [5.74, 6) is 0. The maximum absolute atomic E-state index is 0. The van der Waals surface area contributed by atoms with Crippen LogP contribution >= 0.6 is 0 Å². The van der Waals surface area contributed by atoms with Gasteiger partial charge in [-0.15, -0.1) is 0 Å². The van der Waals surface area contributed by atoms with Gasteiger partial charge < -0.3 is 0 Å². The summed E-state index contributed by atoms with van der Waals surface area (Å²) in [4.78, 5) is 0. The van der Waals surface area contributed by atoms with Crippen LogP contribution in [0, 0.1) is 0 Å². The second-order valence-electron chi connectivity index (χ2n) is 0. The van der Waals surface area contributed by atoms with Crippen molar-refractivity contribution in [3.8, 4) is 0 Å². The van der Waals surface area contributed by atoms with Crippen LogP contribution in [-0.2, 0) is 221 Å². The molecule has 0 rings (SSSR count). The molecule has 0 spiro atoms. The van der Waals surface area contributed by atoms with Crippen molar-refractivity contribution in [2.45, 2.75) is 0 Å². The fourth-order valence-electron chi connectivity index (χ4n) is 0. The largest absolute Gasteiger partial charge is 0 e. The van der Waals surface area contributed by atoms with Crippen LogP contribution in [0.25, 0.3) is 0 Å². The van der Waals surface area contributed by atoms with Gasteiger partial charge in [-0.05, 0) is 0 Å². The molecule has 0 aromatic rings. The second kappa shape index (κ2) is 87.6. The van der Waals surface area contributed by atoms with Crippen LogP contribution in [0.2, 0.25) is 0 Å². The van der Waals surface area contributed by atoms with E-state index in [-0.39, 0.29) is 221 Å². The van der Waals surface area contributed by atoms with E-state index in [4.69, 9.17) is 0 Å². The first-order chi connectivity index (χ1) is 0. The summed E-state index contributed by atoms with van der Waals surface area (Å²) in [5.41, 5.74) is 0. The summed E-state index contributed by atoms with van der Waals surface area (Å²) >= 11 is 0. The molecule has 99 valence electrons. The van der Waals surface area contributed by atoms with E-state index in [0.717, 1.165) is 0 Å². The molecule has 0 heterocycles. The van der Waals surface area contributed by atoms with Crippen LogP contribution in [0.5, 0.6) is 0 Å². The summed E-state index contributed by atoms with van der Waals surface area (Å²) in [6.07, 6.45) is 0. The first-order valence-electron chi connectivity index (χ1n) is 0. The Balaban J connectivity index is 0. The van der Waals surface area contributed by atoms with Crippen molar-refractivity contribution < 1.29 is 221 Å². The third-order valence-corrected chi connectivity index (χ3v) is 0. The first-order valence-corrected chi connectivity index (χ1v) is 0. The number of rotatable bonds is 0. The predicted octanol–water partition coefficient (Wildman–Crippen LogP) is -0.0275. The van der Waals surface area contributed by atoms with Gasteiger partial charge in [-0.1, -0.05) is 0 Å². The zero-order valence-corrected chi connectivity index (χ0v) is 30.0. The quantitative estimate of drug-likeness (QED) is 0.321. The van der Waals surface area contributed by atoms with Gasteiger partial charge in [-0.25, -0.2) is 0 Å². The molecule has 0 fully saturated rings. The summed E-state index contributed by atoms with van der Waals surface area (Å²) in [5, 5.41) is 0. The van der Waals surface area contributed by atoms with Gasteiger partial charge in [-0.3, -0.25) is 0 Å². The minimum absolute atomic E-state index is 0. The summed E-state index contributed by atoms with van der Waals surface area (Å²) in [6.45, 7) is 0. The fraction of sp³-hybridized carbons (Fsp3) is 0. The van der Waals surface area contributed by atoms with Crippen molar-refractivity contribution in [3.63, 3.8) is 0 Å². The Kier molecular flexibility index (Phi) is 832. The van der Waals surface area contributed by atoms with E-state index < -0.39 is 0 Å². The Labute approximate surface area is 216 Å². The van der Waals surface area contributed by atoms with Crippen LogP contribution in [0.3, 0.4) is 0 Å². The molecule has 0 aromatic carbocycles. The van der Waals surface area contributed by atoms with Gasteiger partial charge >= 0.3 is 0 Å². The van der Waals surface area contributed by atoms with Crippen molar-refractivity contribution in [3.05, 3.63) is 0 Å². The topological polar surface area (TPSA) is 0 Å². The van der Waals surface area contributed by atoms with E-state index in [1.807, 2.05) is 0 Å². The van der Waals surface area contributed by atoms with Crippen LogP contribution in [0.15, 0.2) is 0 Å². The average Bonchev–Trinajstić information content (AvgIpc) is 0. The maximum Gasteiger partial charge on any atom is 0 e. The summed E-state index contributed by atoms with van der Waals surface area (Å²) < 4.78 is 0. The Bertz CT molecular complexity index is 0. The molecule has 0 atom stereocenters. The minimum atomic E-state index is 0. The zero-order chi connectivity index (χ0) is 0. The molecule has 0 aliphatic rings. The first kappa shape index (κ1) is 105. The molecule has 0 unspecified atom stereocenters. The van der Waals surface area contributed by atoms with Gasteiger partial charge in [0, 0.05) is 221 Å². The minimum Gasteiger partial charge on any atom is 0 e. The van der Waals surface area contributed by atoms with E-state index in [2.05, 4.69) is 0 Å². The van der Waals surface area contributed by atoms with E-state index in [1.165, 1.54) is 0 Å². The average molecular weight is 2110 g/mol. The molecule has 0 aliphatic heterocycles. The van der Waals surface area contributed by atoms with Gasteiger partial charge in [-0.2, -0.15) is 0 Å². The van der Waals surface area contributed by atoms with Crippen molar-refractivity contribution in [1.29, 1.82) is 0 Å². The predicted molar refractivity (Wildman–Crippen MR) is 0 cm³/mol. The Morgan fingerprint density at radius 3 is 0.0909 bits per heavy atom. The molecule has 0 aromatic heterocycles. The van der Waals surface area contributed by atoms with Crippen LogP contribution in [0.4, 0.5) is 0 Å². The Morgan fingerprint density at radius 2 is 0.0909 bits per heavy atom. The fourth-order valence-corrected chi connectivity index (χ4v) is 0. The van der Waals surface area contributed by atoms with Crippen LogP contribution in [0.1, 0.15) is 0 Å². The van der Waals surface area contributed by atoms with Crippen LogP contribution in [-0.4, -0.2) is 0 Å². The monoisotopic (exact) mass is 2120 g/mol. The van der Waals surface area contributed by atoms with E-state index >= 15 is 0 Å². The second-order valence-corrected chi connectivity index (χ2v) is 0. The molecule has 0 bridgehead atoms. The van der Waals surface area contributed by atoms with E-state index in [0.29, 0.717) is 0 Å². The van der Waals surface area contributed by atoms with Gasteiger partial charge in [0.05, 0.1) is 0 Å². The normalized spacial score (nSPS) is 0. The Morgan fingerprint density at radius 1 is 0.0909 bits per heavy atom. The summed E-state index contributed by atoms with van der Waals surface area (Å²) in [7, 11) is 0. The molecular formula is Ir11. The summed E-state index contributed by atoms with van der Waals surface area (Å²) in [6, 6.07) is 0. The van der Waals surface area contributed by atoms with Crippen molar-refractivity contribution in [2.24, 2.45) is 0 Å². The SMILES string of the molecule is [Ir].[Ir].[Ir].[Ir].[Ir].[Ir].[Ir].[Ir].[Ir].[Ir].[Ir]. The standard InChI is InChI=1S/11Ir. The molecule has 0 saturated carbocycles. The van der Waals surface area contributed by atoms with Crippen LogP contribution < -0.4 is 0 Å². The van der Waals surface area contributed by atoms with Crippen molar-refractivity contribution in [1.82, 2.24) is 0 Å². The molecule has 11 radical (unpaired) electrons. The molecule has 11 heteroatoms.